The first kappa shape index (κ1) is 17.5. The molecule has 0 spiro atoms. The molecule has 0 aromatic carbocycles. The van der Waals surface area contributed by atoms with Crippen LogP contribution in [0.15, 0.2) is 12.3 Å². The van der Waals surface area contributed by atoms with E-state index in [-0.39, 0.29) is 11.9 Å². The van der Waals surface area contributed by atoms with Crippen molar-refractivity contribution in [2.24, 2.45) is 7.05 Å². The maximum absolute atomic E-state index is 11.7. The predicted octanol–water partition coefficient (Wildman–Crippen LogP) is 1.13. The molecule has 0 aliphatic carbocycles. The lowest BCUT2D eigenvalue weighted by molar-refractivity contribution is 0.0955. The molecule has 1 fully saturated rings. The molecule has 2 aromatic heterocycles. The van der Waals surface area contributed by atoms with Gasteiger partial charge in [-0.1, -0.05) is 0 Å². The van der Waals surface area contributed by atoms with Crippen LogP contribution < -0.4 is 10.1 Å². The maximum atomic E-state index is 11.7. The average Bonchev–Trinajstić information content (AvgIpc) is 3.20. The van der Waals surface area contributed by atoms with E-state index in [1.165, 1.54) is 0 Å². The van der Waals surface area contributed by atoms with Gasteiger partial charge in [0.2, 0.25) is 5.88 Å². The van der Waals surface area contributed by atoms with E-state index in [0.29, 0.717) is 5.69 Å². The third-order valence-corrected chi connectivity index (χ3v) is 4.79. The summed E-state index contributed by atoms with van der Waals surface area (Å²) in [6.45, 7) is 4.76. The molecular weight excluding hydrogens is 320 g/mol. The molecule has 1 aliphatic rings. The van der Waals surface area contributed by atoms with E-state index < -0.39 is 0 Å². The number of piperidine rings is 1. The average molecular weight is 346 g/mol. The van der Waals surface area contributed by atoms with E-state index in [9.17, 15) is 4.79 Å². The minimum atomic E-state index is -0.151. The Morgan fingerprint density at radius 3 is 2.96 bits per heavy atom. The molecule has 1 unspecified atom stereocenters. The Morgan fingerprint density at radius 2 is 2.24 bits per heavy atom. The van der Waals surface area contributed by atoms with Gasteiger partial charge in [0, 0.05) is 33.4 Å². The van der Waals surface area contributed by atoms with Crippen molar-refractivity contribution >= 4 is 5.91 Å². The molecule has 1 N–H and O–H groups in total. The molecule has 1 atom stereocenters. The number of hydrogen-bond donors (Lipinski definition) is 1. The van der Waals surface area contributed by atoms with E-state index in [2.05, 4.69) is 20.4 Å². The number of ether oxygens (including phenoxy) is 1. The number of aromatic nitrogens is 4. The quantitative estimate of drug-likeness (QED) is 0.878. The fraction of sp³-hybridized carbons (Fsp3) is 0.588. The van der Waals surface area contributed by atoms with E-state index in [1.54, 1.807) is 24.9 Å². The molecule has 0 saturated carbocycles. The molecule has 8 heteroatoms. The SMILES string of the molecule is CNC(=O)c1ccn(C2CCCN(Cc3c(C)nn(C)c3OC)C2)n1. The fourth-order valence-corrected chi connectivity index (χ4v) is 3.52. The highest BCUT2D eigenvalue weighted by Crippen LogP contribution is 2.27. The molecule has 1 aliphatic heterocycles. The smallest absolute Gasteiger partial charge is 0.271 e. The van der Waals surface area contributed by atoms with Gasteiger partial charge in [-0.2, -0.15) is 10.2 Å². The largest absolute Gasteiger partial charge is 0.481 e. The Bertz CT molecular complexity index is 750. The number of carbonyl (C=O) groups excluding carboxylic acids is 1. The van der Waals surface area contributed by atoms with Crippen molar-refractivity contribution in [3.63, 3.8) is 0 Å². The molecule has 25 heavy (non-hydrogen) atoms. The third kappa shape index (κ3) is 3.53. The fourth-order valence-electron chi connectivity index (χ4n) is 3.52. The number of carbonyl (C=O) groups is 1. The van der Waals surface area contributed by atoms with Crippen LogP contribution in [0.3, 0.4) is 0 Å². The van der Waals surface area contributed by atoms with Gasteiger partial charge >= 0.3 is 0 Å². The van der Waals surface area contributed by atoms with Crippen LogP contribution in [-0.4, -0.2) is 57.6 Å². The topological polar surface area (TPSA) is 77.2 Å². The minimum absolute atomic E-state index is 0.151. The highest BCUT2D eigenvalue weighted by molar-refractivity contribution is 5.91. The second kappa shape index (κ2) is 7.26. The van der Waals surface area contributed by atoms with Gasteiger partial charge < -0.3 is 10.1 Å². The van der Waals surface area contributed by atoms with E-state index in [1.807, 2.05) is 24.9 Å². The van der Waals surface area contributed by atoms with Gasteiger partial charge in [0.25, 0.3) is 5.91 Å². The van der Waals surface area contributed by atoms with Crippen LogP contribution in [0.4, 0.5) is 0 Å². The summed E-state index contributed by atoms with van der Waals surface area (Å²) in [5, 5.41) is 11.5. The summed E-state index contributed by atoms with van der Waals surface area (Å²) in [6, 6.07) is 2.04. The Labute approximate surface area is 147 Å². The molecule has 2 aromatic rings. The Kier molecular flexibility index (Phi) is 5.08. The van der Waals surface area contributed by atoms with E-state index in [4.69, 9.17) is 4.74 Å². The van der Waals surface area contributed by atoms with Gasteiger partial charge in [-0.05, 0) is 32.4 Å². The minimum Gasteiger partial charge on any atom is -0.481 e. The summed E-state index contributed by atoms with van der Waals surface area (Å²) in [5.74, 6) is 0.669. The van der Waals surface area contributed by atoms with Crippen molar-refractivity contribution < 1.29 is 9.53 Å². The summed E-state index contributed by atoms with van der Waals surface area (Å²) < 4.78 is 9.21. The molecule has 0 bridgehead atoms. The molecule has 3 heterocycles. The normalized spacial score (nSPS) is 18.3. The second-order valence-corrected chi connectivity index (χ2v) is 6.49. The Balaban J connectivity index is 1.71. The summed E-state index contributed by atoms with van der Waals surface area (Å²) in [7, 11) is 5.20. The van der Waals surface area contributed by atoms with Crippen molar-refractivity contribution in [3.05, 3.63) is 29.2 Å². The summed E-state index contributed by atoms with van der Waals surface area (Å²) in [4.78, 5) is 14.1. The molecule has 1 saturated heterocycles. The van der Waals surface area contributed by atoms with Crippen molar-refractivity contribution in [3.8, 4) is 5.88 Å². The first-order valence-electron chi connectivity index (χ1n) is 8.59. The highest BCUT2D eigenvalue weighted by Gasteiger charge is 2.25. The van der Waals surface area contributed by atoms with Crippen LogP contribution in [0.1, 0.15) is 40.6 Å². The van der Waals surface area contributed by atoms with E-state index in [0.717, 1.165) is 49.6 Å². The first-order valence-corrected chi connectivity index (χ1v) is 8.59. The lowest BCUT2D eigenvalue weighted by Crippen LogP contribution is -2.36. The number of amides is 1. The van der Waals surface area contributed by atoms with Crippen LogP contribution in [0, 0.1) is 6.92 Å². The van der Waals surface area contributed by atoms with Crippen LogP contribution in [0.2, 0.25) is 0 Å². The van der Waals surface area contributed by atoms with Crippen molar-refractivity contribution in [1.82, 2.24) is 29.8 Å². The van der Waals surface area contributed by atoms with Gasteiger partial charge in [-0.15, -0.1) is 0 Å². The first-order chi connectivity index (χ1) is 12.0. The molecule has 8 nitrogen and oxygen atoms in total. The second-order valence-electron chi connectivity index (χ2n) is 6.49. The number of nitrogens with one attached hydrogen (secondary N) is 1. The number of hydrogen-bond acceptors (Lipinski definition) is 5. The van der Waals surface area contributed by atoms with Crippen LogP contribution in [0.25, 0.3) is 0 Å². The number of rotatable bonds is 5. The molecule has 0 radical (unpaired) electrons. The molecule has 1 amide bonds. The Morgan fingerprint density at radius 1 is 1.44 bits per heavy atom. The highest BCUT2D eigenvalue weighted by atomic mass is 16.5. The zero-order valence-corrected chi connectivity index (χ0v) is 15.3. The van der Waals surface area contributed by atoms with Crippen molar-refractivity contribution in [2.75, 3.05) is 27.2 Å². The van der Waals surface area contributed by atoms with Crippen LogP contribution in [0.5, 0.6) is 5.88 Å². The number of likely N-dealkylation sites (tertiary alicyclic amines) is 1. The summed E-state index contributed by atoms with van der Waals surface area (Å²) >= 11 is 0. The summed E-state index contributed by atoms with van der Waals surface area (Å²) in [6.07, 6.45) is 4.06. The van der Waals surface area contributed by atoms with Crippen LogP contribution in [-0.2, 0) is 13.6 Å². The molecule has 136 valence electrons. The maximum Gasteiger partial charge on any atom is 0.271 e. The monoisotopic (exact) mass is 346 g/mol. The van der Waals surface area contributed by atoms with Crippen molar-refractivity contribution in [2.45, 2.75) is 32.4 Å². The standard InChI is InChI=1S/C17H26N6O2/c1-12-14(17(25-4)21(3)19-12)11-22-8-5-6-13(10-22)23-9-7-15(20-23)16(24)18-2/h7,9,13H,5-6,8,10-11H2,1-4H3,(H,18,24). The summed E-state index contributed by atoms with van der Waals surface area (Å²) in [5.41, 5.74) is 2.60. The lowest BCUT2D eigenvalue weighted by atomic mass is 10.1. The van der Waals surface area contributed by atoms with Gasteiger partial charge in [-0.25, -0.2) is 4.68 Å². The molecular formula is C17H26N6O2. The van der Waals surface area contributed by atoms with Gasteiger partial charge in [-0.3, -0.25) is 14.4 Å². The van der Waals surface area contributed by atoms with Gasteiger partial charge in [0.1, 0.15) is 5.69 Å². The number of methoxy groups -OCH3 is 1. The number of nitrogens with zero attached hydrogens (tertiary/aromatic N) is 5. The third-order valence-electron chi connectivity index (χ3n) is 4.79. The van der Waals surface area contributed by atoms with E-state index >= 15 is 0 Å². The zero-order valence-electron chi connectivity index (χ0n) is 15.3. The number of aryl methyl sites for hydroxylation is 2. The van der Waals surface area contributed by atoms with Gasteiger partial charge in [0.15, 0.2) is 0 Å². The van der Waals surface area contributed by atoms with Gasteiger partial charge in [0.05, 0.1) is 24.4 Å². The Hall–Kier alpha value is -2.35. The van der Waals surface area contributed by atoms with Crippen molar-refractivity contribution in [1.29, 1.82) is 0 Å². The predicted molar refractivity (Wildman–Crippen MR) is 93.7 cm³/mol. The lowest BCUT2D eigenvalue weighted by Gasteiger charge is -2.32. The zero-order chi connectivity index (χ0) is 18.0. The van der Waals surface area contributed by atoms with Crippen LogP contribution >= 0.6 is 0 Å². The molecule has 3 rings (SSSR count).